The van der Waals surface area contributed by atoms with E-state index < -0.39 is 5.97 Å². The summed E-state index contributed by atoms with van der Waals surface area (Å²) in [5.41, 5.74) is 1.00. The Bertz CT molecular complexity index is 381. The normalized spacial score (nSPS) is 20.2. The van der Waals surface area contributed by atoms with Crippen molar-refractivity contribution in [3.05, 3.63) is 17.5 Å². The molecular formula is C11H16N2O3. The molecule has 1 unspecified atom stereocenters. The van der Waals surface area contributed by atoms with E-state index in [9.17, 15) is 4.79 Å². The third kappa shape index (κ3) is 2.09. The summed E-state index contributed by atoms with van der Waals surface area (Å²) in [5, 5.41) is 13.5. The molecule has 2 rings (SSSR count). The topological polar surface area (TPSA) is 64.4 Å². The van der Waals surface area contributed by atoms with E-state index in [-0.39, 0.29) is 5.92 Å². The summed E-state index contributed by atoms with van der Waals surface area (Å²) in [6, 6.07) is 0. The van der Waals surface area contributed by atoms with E-state index in [4.69, 9.17) is 9.84 Å². The molecular weight excluding hydrogens is 208 g/mol. The second-order valence-electron chi connectivity index (χ2n) is 4.06. The minimum atomic E-state index is -0.899. The molecule has 16 heavy (non-hydrogen) atoms. The largest absolute Gasteiger partial charge is 0.478 e. The molecule has 0 aliphatic carbocycles. The van der Waals surface area contributed by atoms with Gasteiger partial charge in [0.25, 0.3) is 0 Å². The highest BCUT2D eigenvalue weighted by Gasteiger charge is 2.26. The maximum Gasteiger partial charge on any atom is 0.339 e. The lowest BCUT2D eigenvalue weighted by molar-refractivity contribution is 0.0695. The smallest absolute Gasteiger partial charge is 0.339 e. The molecule has 0 saturated carbocycles. The summed E-state index contributed by atoms with van der Waals surface area (Å²) in [5.74, 6) is -0.756. The van der Waals surface area contributed by atoms with Gasteiger partial charge in [0.15, 0.2) is 0 Å². The van der Waals surface area contributed by atoms with Crippen LogP contribution in [0.25, 0.3) is 0 Å². The van der Waals surface area contributed by atoms with Crippen LogP contribution in [0.5, 0.6) is 0 Å². The molecule has 0 radical (unpaired) electrons. The molecule has 0 amide bonds. The predicted molar refractivity (Wildman–Crippen MR) is 57.7 cm³/mol. The third-order valence-electron chi connectivity index (χ3n) is 2.79. The van der Waals surface area contributed by atoms with E-state index in [2.05, 4.69) is 5.10 Å². The molecule has 88 valence electrons. The number of aromatic nitrogens is 2. The number of aromatic carboxylic acids is 1. The van der Waals surface area contributed by atoms with Crippen LogP contribution in [-0.4, -0.2) is 34.1 Å². The molecule has 1 atom stereocenters. The maximum atomic E-state index is 11.1. The van der Waals surface area contributed by atoms with Gasteiger partial charge in [0.05, 0.1) is 12.3 Å². The Morgan fingerprint density at radius 1 is 1.75 bits per heavy atom. The Balaban J connectivity index is 2.29. The van der Waals surface area contributed by atoms with Crippen molar-refractivity contribution < 1.29 is 14.6 Å². The molecule has 5 heteroatoms. The SMILES string of the molecule is CCCn1cc(C(=O)O)c(C2CCOC2)n1. The molecule has 1 saturated heterocycles. The number of carboxylic acid groups (broad SMARTS) is 1. The van der Waals surface area contributed by atoms with E-state index in [0.717, 1.165) is 19.4 Å². The van der Waals surface area contributed by atoms with Crippen LogP contribution in [0.3, 0.4) is 0 Å². The summed E-state index contributed by atoms with van der Waals surface area (Å²) in [6.07, 6.45) is 3.43. The Kier molecular flexibility index (Phi) is 3.24. The van der Waals surface area contributed by atoms with Crippen molar-refractivity contribution in [1.29, 1.82) is 0 Å². The highest BCUT2D eigenvalue weighted by Crippen LogP contribution is 2.26. The van der Waals surface area contributed by atoms with Gasteiger partial charge in [-0.2, -0.15) is 5.10 Å². The highest BCUT2D eigenvalue weighted by atomic mass is 16.5. The first-order chi connectivity index (χ1) is 7.72. The van der Waals surface area contributed by atoms with Crippen LogP contribution >= 0.6 is 0 Å². The summed E-state index contributed by atoms with van der Waals surface area (Å²) >= 11 is 0. The minimum Gasteiger partial charge on any atom is -0.478 e. The van der Waals surface area contributed by atoms with Crippen LogP contribution in [0.15, 0.2) is 6.20 Å². The van der Waals surface area contributed by atoms with Crippen LogP contribution in [0.2, 0.25) is 0 Å². The predicted octanol–water partition coefficient (Wildman–Crippen LogP) is 1.50. The second kappa shape index (κ2) is 4.65. The molecule has 2 heterocycles. The van der Waals surface area contributed by atoms with Gasteiger partial charge in [0, 0.05) is 25.3 Å². The van der Waals surface area contributed by atoms with Gasteiger partial charge in [0.2, 0.25) is 0 Å². The van der Waals surface area contributed by atoms with Crippen LogP contribution in [0, 0.1) is 0 Å². The third-order valence-corrected chi connectivity index (χ3v) is 2.79. The first kappa shape index (κ1) is 11.1. The Morgan fingerprint density at radius 2 is 2.56 bits per heavy atom. The fraction of sp³-hybridized carbons (Fsp3) is 0.636. The average Bonchev–Trinajstić information content (AvgIpc) is 2.83. The first-order valence-electron chi connectivity index (χ1n) is 5.60. The number of hydrogen-bond acceptors (Lipinski definition) is 3. The van der Waals surface area contributed by atoms with Gasteiger partial charge < -0.3 is 9.84 Å². The molecule has 1 aliphatic heterocycles. The second-order valence-corrected chi connectivity index (χ2v) is 4.06. The van der Waals surface area contributed by atoms with Crippen molar-refractivity contribution in [2.45, 2.75) is 32.2 Å². The zero-order chi connectivity index (χ0) is 11.5. The van der Waals surface area contributed by atoms with Crippen molar-refractivity contribution in [2.24, 2.45) is 0 Å². The molecule has 1 aromatic rings. The molecule has 1 aliphatic rings. The van der Waals surface area contributed by atoms with Crippen molar-refractivity contribution in [3.8, 4) is 0 Å². The van der Waals surface area contributed by atoms with E-state index in [1.807, 2.05) is 6.92 Å². The van der Waals surface area contributed by atoms with Crippen molar-refractivity contribution in [3.63, 3.8) is 0 Å². The minimum absolute atomic E-state index is 0.143. The molecule has 1 fully saturated rings. The molecule has 5 nitrogen and oxygen atoms in total. The number of aryl methyl sites for hydroxylation is 1. The fourth-order valence-corrected chi connectivity index (χ4v) is 2.00. The van der Waals surface area contributed by atoms with Gasteiger partial charge >= 0.3 is 5.97 Å². The van der Waals surface area contributed by atoms with Crippen molar-refractivity contribution in [1.82, 2.24) is 9.78 Å². The van der Waals surface area contributed by atoms with Gasteiger partial charge in [-0.1, -0.05) is 6.92 Å². The Hall–Kier alpha value is -1.36. The number of carboxylic acids is 1. The van der Waals surface area contributed by atoms with Crippen LogP contribution in [-0.2, 0) is 11.3 Å². The van der Waals surface area contributed by atoms with Crippen molar-refractivity contribution >= 4 is 5.97 Å². The summed E-state index contributed by atoms with van der Waals surface area (Å²) < 4.78 is 6.99. The Labute approximate surface area is 94.0 Å². The first-order valence-corrected chi connectivity index (χ1v) is 5.60. The van der Waals surface area contributed by atoms with Gasteiger partial charge in [-0.3, -0.25) is 4.68 Å². The van der Waals surface area contributed by atoms with Gasteiger partial charge in [-0.05, 0) is 12.8 Å². The zero-order valence-corrected chi connectivity index (χ0v) is 9.35. The number of hydrogen-bond donors (Lipinski definition) is 1. The standard InChI is InChI=1S/C11H16N2O3/c1-2-4-13-6-9(11(14)15)10(12-13)8-3-5-16-7-8/h6,8H,2-5,7H2,1H3,(H,14,15). The summed E-state index contributed by atoms with van der Waals surface area (Å²) in [7, 11) is 0. The Morgan fingerprint density at radius 3 is 3.12 bits per heavy atom. The van der Waals surface area contributed by atoms with E-state index in [1.165, 1.54) is 0 Å². The molecule has 0 bridgehead atoms. The summed E-state index contributed by atoms with van der Waals surface area (Å²) in [6.45, 7) is 4.09. The van der Waals surface area contributed by atoms with E-state index in [1.54, 1.807) is 10.9 Å². The molecule has 1 aromatic heterocycles. The number of nitrogens with zero attached hydrogens (tertiary/aromatic N) is 2. The van der Waals surface area contributed by atoms with E-state index >= 15 is 0 Å². The quantitative estimate of drug-likeness (QED) is 0.841. The average molecular weight is 224 g/mol. The van der Waals surface area contributed by atoms with E-state index in [0.29, 0.717) is 24.5 Å². The highest BCUT2D eigenvalue weighted by molar-refractivity contribution is 5.88. The fourth-order valence-electron chi connectivity index (χ4n) is 2.00. The van der Waals surface area contributed by atoms with Crippen LogP contribution in [0.1, 0.15) is 41.7 Å². The molecule has 0 aromatic carbocycles. The summed E-state index contributed by atoms with van der Waals surface area (Å²) in [4.78, 5) is 11.1. The number of carbonyl (C=O) groups is 1. The van der Waals surface area contributed by atoms with Gasteiger partial charge in [-0.15, -0.1) is 0 Å². The monoisotopic (exact) mass is 224 g/mol. The van der Waals surface area contributed by atoms with Crippen LogP contribution in [0.4, 0.5) is 0 Å². The zero-order valence-electron chi connectivity index (χ0n) is 9.35. The van der Waals surface area contributed by atoms with Crippen molar-refractivity contribution in [2.75, 3.05) is 13.2 Å². The lowest BCUT2D eigenvalue weighted by atomic mass is 10.0. The lowest BCUT2D eigenvalue weighted by Crippen LogP contribution is -2.06. The maximum absolute atomic E-state index is 11.1. The number of rotatable bonds is 4. The van der Waals surface area contributed by atoms with Gasteiger partial charge in [-0.25, -0.2) is 4.79 Å². The lowest BCUT2D eigenvalue weighted by Gasteiger charge is -2.04. The molecule has 1 N–H and O–H groups in total. The van der Waals surface area contributed by atoms with Gasteiger partial charge in [0.1, 0.15) is 5.56 Å². The van der Waals surface area contributed by atoms with Crippen LogP contribution < -0.4 is 0 Å². The number of ether oxygens (including phenoxy) is 1. The molecule has 0 spiro atoms.